The highest BCUT2D eigenvalue weighted by Gasteiger charge is 2.21. The van der Waals surface area contributed by atoms with Crippen LogP contribution in [0.1, 0.15) is 70.8 Å². The zero-order valence-electron chi connectivity index (χ0n) is 20.2. The number of benzene rings is 1. The Hall–Kier alpha value is -3.33. The number of thiophene rings is 1. The number of Topliss-reactive ketones (excluding diaryl/α,β-unsaturated/α-hetero) is 1. The summed E-state index contributed by atoms with van der Waals surface area (Å²) in [6, 6.07) is 8.12. The molecule has 1 aliphatic heterocycles. The standard InChI is InChI=1S/C26H29N3O5S/c1-26(2,3)25(33)27-14-17-9-11-21(35-17)20(30)15-34-24(32)16-8-10-18-19(13-16)28-22-7-5-4-6-12-29(22)23(18)31/h8-11,13H,4-7,12,14-15H2,1-3H3,(H,27,33). The van der Waals surface area contributed by atoms with Crippen LogP contribution in [0.25, 0.3) is 10.9 Å². The number of nitrogens with one attached hydrogen (secondary N) is 1. The molecule has 1 aliphatic rings. The number of ether oxygens (including phenoxy) is 1. The smallest absolute Gasteiger partial charge is 0.338 e. The lowest BCUT2D eigenvalue weighted by Gasteiger charge is -2.17. The Bertz CT molecular complexity index is 1350. The van der Waals surface area contributed by atoms with Crippen molar-refractivity contribution in [3.63, 3.8) is 0 Å². The van der Waals surface area contributed by atoms with Gasteiger partial charge in [0.25, 0.3) is 5.56 Å². The number of ketones is 1. The summed E-state index contributed by atoms with van der Waals surface area (Å²) in [6.07, 6.45) is 3.73. The Kier molecular flexibility index (Phi) is 7.16. The van der Waals surface area contributed by atoms with Crippen LogP contribution >= 0.6 is 11.3 Å². The molecule has 4 rings (SSSR count). The molecule has 3 heterocycles. The number of carbonyl (C=O) groups is 3. The number of carbonyl (C=O) groups excluding carboxylic acids is 3. The number of rotatable bonds is 6. The highest BCUT2D eigenvalue weighted by molar-refractivity contribution is 7.14. The highest BCUT2D eigenvalue weighted by atomic mass is 32.1. The quantitative estimate of drug-likeness (QED) is 0.411. The molecule has 0 fully saturated rings. The van der Waals surface area contributed by atoms with Crippen molar-refractivity contribution in [2.24, 2.45) is 5.41 Å². The lowest BCUT2D eigenvalue weighted by atomic mass is 9.96. The first-order valence-electron chi connectivity index (χ1n) is 11.7. The average Bonchev–Trinajstić information content (AvgIpc) is 3.17. The van der Waals surface area contributed by atoms with E-state index in [1.807, 2.05) is 20.8 Å². The van der Waals surface area contributed by atoms with Crippen molar-refractivity contribution >= 4 is 39.9 Å². The molecule has 0 radical (unpaired) electrons. The predicted molar refractivity (Wildman–Crippen MR) is 134 cm³/mol. The van der Waals surface area contributed by atoms with Crippen LogP contribution in [0.3, 0.4) is 0 Å². The number of aryl methyl sites for hydroxylation is 1. The first-order chi connectivity index (χ1) is 16.6. The molecule has 1 N–H and O–H groups in total. The molecule has 0 saturated heterocycles. The first kappa shape index (κ1) is 24.8. The lowest BCUT2D eigenvalue weighted by Crippen LogP contribution is -2.34. The molecule has 9 heteroatoms. The van der Waals surface area contributed by atoms with E-state index in [0.29, 0.717) is 28.9 Å². The molecule has 35 heavy (non-hydrogen) atoms. The van der Waals surface area contributed by atoms with Crippen molar-refractivity contribution in [3.8, 4) is 0 Å². The molecular formula is C26H29N3O5S. The minimum atomic E-state index is -0.647. The molecule has 0 aliphatic carbocycles. The van der Waals surface area contributed by atoms with E-state index < -0.39 is 18.0 Å². The maximum absolute atomic E-state index is 12.9. The number of hydrogen-bond donors (Lipinski definition) is 1. The summed E-state index contributed by atoms with van der Waals surface area (Å²) < 4.78 is 6.98. The molecular weight excluding hydrogens is 466 g/mol. The fourth-order valence-corrected chi connectivity index (χ4v) is 4.76. The Morgan fingerprint density at radius 2 is 1.91 bits per heavy atom. The molecule has 1 amide bonds. The molecule has 0 saturated carbocycles. The molecule has 0 atom stereocenters. The molecule has 184 valence electrons. The van der Waals surface area contributed by atoms with Crippen molar-refractivity contribution in [2.75, 3.05) is 6.61 Å². The normalized spacial score (nSPS) is 13.7. The van der Waals surface area contributed by atoms with Gasteiger partial charge in [0.1, 0.15) is 5.82 Å². The molecule has 8 nitrogen and oxygen atoms in total. The number of amides is 1. The van der Waals surface area contributed by atoms with Gasteiger partial charge < -0.3 is 10.1 Å². The summed E-state index contributed by atoms with van der Waals surface area (Å²) in [4.78, 5) is 55.9. The monoisotopic (exact) mass is 495 g/mol. The third-order valence-electron chi connectivity index (χ3n) is 5.93. The zero-order chi connectivity index (χ0) is 25.2. The number of fused-ring (bicyclic) bond motifs is 2. The van der Waals surface area contributed by atoms with Gasteiger partial charge in [-0.2, -0.15) is 0 Å². The van der Waals surface area contributed by atoms with Crippen LogP contribution in [0, 0.1) is 5.41 Å². The van der Waals surface area contributed by atoms with Gasteiger partial charge in [0.2, 0.25) is 11.7 Å². The van der Waals surface area contributed by atoms with Crippen LogP contribution in [-0.4, -0.2) is 33.8 Å². The highest BCUT2D eigenvalue weighted by Crippen LogP contribution is 2.20. The van der Waals surface area contributed by atoms with E-state index >= 15 is 0 Å². The number of nitrogens with zero attached hydrogens (tertiary/aromatic N) is 2. The zero-order valence-corrected chi connectivity index (χ0v) is 21.0. The summed E-state index contributed by atoms with van der Waals surface area (Å²) in [5.41, 5.74) is 0.126. The summed E-state index contributed by atoms with van der Waals surface area (Å²) >= 11 is 1.26. The Morgan fingerprint density at radius 1 is 1.11 bits per heavy atom. The Morgan fingerprint density at radius 3 is 2.69 bits per heavy atom. The van der Waals surface area contributed by atoms with Gasteiger partial charge in [-0.25, -0.2) is 9.78 Å². The maximum atomic E-state index is 12.9. The van der Waals surface area contributed by atoms with Crippen LogP contribution < -0.4 is 10.9 Å². The number of hydrogen-bond acceptors (Lipinski definition) is 7. The van der Waals surface area contributed by atoms with E-state index in [1.165, 1.54) is 17.4 Å². The van der Waals surface area contributed by atoms with Crippen LogP contribution in [0.5, 0.6) is 0 Å². The minimum Gasteiger partial charge on any atom is -0.454 e. The summed E-state index contributed by atoms with van der Waals surface area (Å²) in [6.45, 7) is 6.10. The van der Waals surface area contributed by atoms with Crippen LogP contribution in [0.15, 0.2) is 35.1 Å². The van der Waals surface area contributed by atoms with Gasteiger partial charge in [-0.3, -0.25) is 19.0 Å². The van der Waals surface area contributed by atoms with Crippen LogP contribution in [-0.2, 0) is 29.0 Å². The van der Waals surface area contributed by atoms with Crippen molar-refractivity contribution in [1.82, 2.24) is 14.9 Å². The fourth-order valence-electron chi connectivity index (χ4n) is 3.89. The van der Waals surface area contributed by atoms with Gasteiger partial charge in [-0.05, 0) is 43.2 Å². The number of esters is 1. The van der Waals surface area contributed by atoms with Crippen LogP contribution in [0.2, 0.25) is 0 Å². The molecule has 0 spiro atoms. The average molecular weight is 496 g/mol. The van der Waals surface area contributed by atoms with Gasteiger partial charge in [0, 0.05) is 23.3 Å². The van der Waals surface area contributed by atoms with Crippen molar-refractivity contribution in [2.45, 2.75) is 59.5 Å². The third-order valence-corrected chi connectivity index (χ3v) is 7.05. The van der Waals surface area contributed by atoms with Gasteiger partial charge in [-0.15, -0.1) is 11.3 Å². The second-order valence-corrected chi connectivity index (χ2v) is 10.9. The van der Waals surface area contributed by atoms with Gasteiger partial charge >= 0.3 is 5.97 Å². The van der Waals surface area contributed by atoms with Crippen molar-refractivity contribution in [1.29, 1.82) is 0 Å². The van der Waals surface area contributed by atoms with E-state index in [9.17, 15) is 19.2 Å². The molecule has 3 aromatic rings. The second kappa shape index (κ2) is 10.1. The summed E-state index contributed by atoms with van der Waals surface area (Å²) in [7, 11) is 0. The Balaban J connectivity index is 1.40. The van der Waals surface area contributed by atoms with E-state index in [-0.39, 0.29) is 22.8 Å². The summed E-state index contributed by atoms with van der Waals surface area (Å²) in [5.74, 6) is -0.297. The third kappa shape index (κ3) is 5.67. The second-order valence-electron chi connectivity index (χ2n) is 9.73. The van der Waals surface area contributed by atoms with E-state index in [4.69, 9.17) is 4.74 Å². The molecule has 0 unspecified atom stereocenters. The Labute approximate surface area is 207 Å². The van der Waals surface area contributed by atoms with Gasteiger partial charge in [0.15, 0.2) is 6.61 Å². The number of aromatic nitrogens is 2. The first-order valence-corrected chi connectivity index (χ1v) is 12.6. The largest absolute Gasteiger partial charge is 0.454 e. The van der Waals surface area contributed by atoms with Gasteiger partial charge in [-0.1, -0.05) is 27.2 Å². The fraction of sp³-hybridized carbons (Fsp3) is 0.423. The minimum absolute atomic E-state index is 0.0728. The van der Waals surface area contributed by atoms with Crippen molar-refractivity contribution in [3.05, 3.63) is 61.8 Å². The van der Waals surface area contributed by atoms with Crippen LogP contribution in [0.4, 0.5) is 0 Å². The maximum Gasteiger partial charge on any atom is 0.338 e. The molecule has 1 aromatic carbocycles. The van der Waals surface area contributed by atoms with Gasteiger partial charge in [0.05, 0.1) is 27.9 Å². The van der Waals surface area contributed by atoms with E-state index in [2.05, 4.69) is 10.3 Å². The predicted octanol–water partition coefficient (Wildman–Crippen LogP) is 3.89. The molecule has 2 aromatic heterocycles. The lowest BCUT2D eigenvalue weighted by molar-refractivity contribution is -0.128. The summed E-state index contributed by atoms with van der Waals surface area (Å²) in [5, 5.41) is 3.31. The SMILES string of the molecule is CC(C)(C)C(=O)NCc1ccc(C(=O)COC(=O)c2ccc3c(=O)n4c(nc3c2)CCCCC4)s1. The van der Waals surface area contributed by atoms with E-state index in [0.717, 1.165) is 36.4 Å². The topological polar surface area (TPSA) is 107 Å². The van der Waals surface area contributed by atoms with Crippen molar-refractivity contribution < 1.29 is 19.1 Å². The molecule has 0 bridgehead atoms. The van der Waals surface area contributed by atoms with E-state index in [1.54, 1.807) is 28.8 Å².